The number of rotatable bonds is 9. The fourth-order valence-corrected chi connectivity index (χ4v) is 5.97. The van der Waals surface area contributed by atoms with Gasteiger partial charge >= 0.3 is 0 Å². The van der Waals surface area contributed by atoms with Gasteiger partial charge in [-0.3, -0.25) is 10.1 Å². The zero-order valence-corrected chi connectivity index (χ0v) is 21.8. The van der Waals surface area contributed by atoms with E-state index in [-0.39, 0.29) is 29.6 Å². The molecule has 3 aromatic rings. The van der Waals surface area contributed by atoms with E-state index in [1.54, 1.807) is 19.2 Å². The normalized spacial score (nSPS) is 21.4. The molecule has 2 fully saturated rings. The van der Waals surface area contributed by atoms with Crippen molar-refractivity contribution in [1.82, 2.24) is 0 Å². The van der Waals surface area contributed by atoms with Crippen LogP contribution >= 0.6 is 0 Å². The van der Waals surface area contributed by atoms with Crippen LogP contribution in [0.5, 0.6) is 11.5 Å². The van der Waals surface area contributed by atoms with Gasteiger partial charge in [0.25, 0.3) is 5.69 Å². The lowest BCUT2D eigenvalue weighted by atomic mass is 9.94. The van der Waals surface area contributed by atoms with E-state index in [4.69, 9.17) is 23.7 Å². The monoisotopic (exact) mass is 529 g/mol. The summed E-state index contributed by atoms with van der Waals surface area (Å²) in [5.74, 6) is 0.612. The number of ether oxygens (including phenoxy) is 5. The van der Waals surface area contributed by atoms with Crippen molar-refractivity contribution in [3.05, 3.63) is 99.6 Å². The molecular formula is C31H31NO7. The second kappa shape index (κ2) is 10.8. The molecule has 2 aliphatic carbocycles. The van der Waals surface area contributed by atoms with Crippen molar-refractivity contribution >= 4 is 16.8 Å². The SMILES string of the molecule is COc1ccc(C2=C(c3ccccc3[N+](=O)[O-])C[C@@H]3OC4(CCCC4)O[C@H]23)c(OCOCc2ccccc2)c1. The van der Waals surface area contributed by atoms with Crippen molar-refractivity contribution in [2.45, 2.75) is 56.7 Å². The Kier molecular flexibility index (Phi) is 7.08. The molecule has 0 radical (unpaired) electrons. The predicted octanol–water partition coefficient (Wildman–Crippen LogP) is 6.53. The first kappa shape index (κ1) is 25.6. The average Bonchev–Trinajstić information content (AvgIpc) is 3.66. The van der Waals surface area contributed by atoms with Gasteiger partial charge in [0.15, 0.2) is 12.6 Å². The largest absolute Gasteiger partial charge is 0.497 e. The summed E-state index contributed by atoms with van der Waals surface area (Å²) in [7, 11) is 1.60. The van der Waals surface area contributed by atoms with Crippen LogP contribution in [0.15, 0.2) is 72.8 Å². The number of fused-ring (bicyclic) bond motifs is 1. The van der Waals surface area contributed by atoms with Gasteiger partial charge in [-0.05, 0) is 47.8 Å². The molecule has 202 valence electrons. The molecule has 6 rings (SSSR count). The summed E-state index contributed by atoms with van der Waals surface area (Å²) in [6.45, 7) is 0.438. The highest BCUT2D eigenvalue weighted by Gasteiger charge is 2.54. The van der Waals surface area contributed by atoms with E-state index in [2.05, 4.69) is 0 Å². The molecule has 1 saturated heterocycles. The highest BCUT2D eigenvalue weighted by atomic mass is 16.8. The van der Waals surface area contributed by atoms with E-state index in [0.717, 1.165) is 48.0 Å². The molecule has 39 heavy (non-hydrogen) atoms. The quantitative estimate of drug-likeness (QED) is 0.135. The molecule has 0 bridgehead atoms. The Morgan fingerprint density at radius 3 is 2.51 bits per heavy atom. The van der Waals surface area contributed by atoms with Gasteiger partial charge in [-0.15, -0.1) is 0 Å². The zero-order valence-electron chi connectivity index (χ0n) is 21.8. The smallest absolute Gasteiger partial charge is 0.276 e. The van der Waals surface area contributed by atoms with E-state index >= 15 is 0 Å². The third-order valence-corrected chi connectivity index (χ3v) is 7.74. The molecular weight excluding hydrogens is 498 g/mol. The van der Waals surface area contributed by atoms with Gasteiger partial charge in [0.05, 0.1) is 30.3 Å². The van der Waals surface area contributed by atoms with Gasteiger partial charge in [-0.25, -0.2) is 0 Å². The van der Waals surface area contributed by atoms with Crippen molar-refractivity contribution in [2.75, 3.05) is 13.9 Å². The average molecular weight is 530 g/mol. The molecule has 3 aromatic carbocycles. The number of nitro benzene ring substituents is 1. The van der Waals surface area contributed by atoms with E-state index in [9.17, 15) is 10.1 Å². The minimum absolute atomic E-state index is 0.0263. The van der Waals surface area contributed by atoms with Gasteiger partial charge in [0, 0.05) is 37.0 Å². The first-order valence-electron chi connectivity index (χ1n) is 13.3. The van der Waals surface area contributed by atoms with Crippen molar-refractivity contribution in [1.29, 1.82) is 0 Å². The fraction of sp³-hybridized carbons (Fsp3) is 0.355. The number of methoxy groups -OCH3 is 1. The summed E-state index contributed by atoms with van der Waals surface area (Å²) in [5, 5.41) is 12.0. The summed E-state index contributed by atoms with van der Waals surface area (Å²) in [6.07, 6.45) is 3.76. The van der Waals surface area contributed by atoms with Crippen LogP contribution in [0.25, 0.3) is 11.1 Å². The van der Waals surface area contributed by atoms with Crippen LogP contribution in [0.4, 0.5) is 5.69 Å². The molecule has 0 amide bonds. The number of nitrogens with zero attached hydrogens (tertiary/aromatic N) is 1. The standard InChI is InChI=1S/C31H31NO7/c1-35-22-13-14-24(27(17-22)37-20-36-19-21-9-3-2-4-10-21)29-25(23-11-5-6-12-26(23)32(33)34)18-28-30(29)39-31(38-28)15-7-8-16-31/h2-6,9-14,17,28,30H,7-8,15-16,18-20H2,1H3/t28-,30-/m0/s1. The third-order valence-electron chi connectivity index (χ3n) is 7.74. The Labute approximate surface area is 227 Å². The number of hydrogen-bond acceptors (Lipinski definition) is 7. The Morgan fingerprint density at radius 1 is 0.974 bits per heavy atom. The Balaban J connectivity index is 1.38. The number of benzene rings is 3. The summed E-state index contributed by atoms with van der Waals surface area (Å²) in [5.41, 5.74) is 4.16. The molecule has 1 spiro atoms. The third kappa shape index (κ3) is 5.03. The molecule has 0 unspecified atom stereocenters. The summed E-state index contributed by atoms with van der Waals surface area (Å²) < 4.78 is 30.7. The maximum Gasteiger partial charge on any atom is 0.276 e. The first-order valence-corrected chi connectivity index (χ1v) is 13.3. The highest BCUT2D eigenvalue weighted by molar-refractivity contribution is 5.99. The van der Waals surface area contributed by atoms with Crippen molar-refractivity contribution in [2.24, 2.45) is 0 Å². The van der Waals surface area contributed by atoms with Gasteiger partial charge in [-0.2, -0.15) is 0 Å². The van der Waals surface area contributed by atoms with Crippen molar-refractivity contribution in [3.63, 3.8) is 0 Å². The Bertz CT molecular complexity index is 1380. The van der Waals surface area contributed by atoms with Gasteiger partial charge in [0.2, 0.25) is 0 Å². The number of para-hydroxylation sites is 1. The zero-order chi connectivity index (χ0) is 26.8. The van der Waals surface area contributed by atoms with Gasteiger partial charge < -0.3 is 23.7 Å². The lowest BCUT2D eigenvalue weighted by molar-refractivity contribution is -0.385. The van der Waals surface area contributed by atoms with Crippen LogP contribution in [0.3, 0.4) is 0 Å². The topological polar surface area (TPSA) is 89.3 Å². The van der Waals surface area contributed by atoms with Crippen molar-refractivity contribution in [3.8, 4) is 11.5 Å². The molecule has 1 aliphatic heterocycles. The molecule has 2 atom stereocenters. The minimum Gasteiger partial charge on any atom is -0.497 e. The molecule has 1 heterocycles. The maximum atomic E-state index is 12.0. The highest BCUT2D eigenvalue weighted by Crippen LogP contribution is 2.55. The lowest BCUT2D eigenvalue weighted by Crippen LogP contribution is -2.27. The van der Waals surface area contributed by atoms with Crippen LogP contribution in [0.2, 0.25) is 0 Å². The second-order valence-corrected chi connectivity index (χ2v) is 10.1. The van der Waals surface area contributed by atoms with Crippen LogP contribution in [-0.2, 0) is 20.8 Å². The minimum atomic E-state index is -0.582. The first-order chi connectivity index (χ1) is 19.1. The second-order valence-electron chi connectivity index (χ2n) is 10.1. The molecule has 0 N–H and O–H groups in total. The molecule has 1 saturated carbocycles. The van der Waals surface area contributed by atoms with Crippen LogP contribution < -0.4 is 9.47 Å². The van der Waals surface area contributed by atoms with Gasteiger partial charge in [0.1, 0.15) is 17.6 Å². The predicted molar refractivity (Wildman–Crippen MR) is 145 cm³/mol. The lowest BCUT2D eigenvalue weighted by Gasteiger charge is -2.25. The van der Waals surface area contributed by atoms with Crippen LogP contribution in [0, 0.1) is 10.1 Å². The van der Waals surface area contributed by atoms with Crippen molar-refractivity contribution < 1.29 is 28.6 Å². The van der Waals surface area contributed by atoms with E-state index in [0.29, 0.717) is 30.1 Å². The van der Waals surface area contributed by atoms with E-state index in [1.165, 1.54) is 6.07 Å². The van der Waals surface area contributed by atoms with E-state index < -0.39 is 5.79 Å². The van der Waals surface area contributed by atoms with Crippen LogP contribution in [-0.4, -0.2) is 36.8 Å². The molecule has 0 aromatic heterocycles. The Morgan fingerprint density at radius 2 is 1.74 bits per heavy atom. The summed E-state index contributed by atoms with van der Waals surface area (Å²) in [4.78, 5) is 11.6. The fourth-order valence-electron chi connectivity index (χ4n) is 5.97. The molecule has 3 aliphatic rings. The summed E-state index contributed by atoms with van der Waals surface area (Å²) >= 11 is 0. The Hall–Kier alpha value is -3.72. The molecule has 8 nitrogen and oxygen atoms in total. The maximum absolute atomic E-state index is 12.0. The number of hydrogen-bond donors (Lipinski definition) is 0. The number of nitro groups is 1. The summed E-state index contributed by atoms with van der Waals surface area (Å²) in [6, 6.07) is 22.3. The van der Waals surface area contributed by atoms with E-state index in [1.807, 2.05) is 54.6 Å². The molecule has 8 heteroatoms. The van der Waals surface area contributed by atoms with Crippen LogP contribution in [0.1, 0.15) is 48.8 Å². The van der Waals surface area contributed by atoms with Gasteiger partial charge in [-0.1, -0.05) is 42.5 Å².